The molecule has 0 radical (unpaired) electrons. The van der Waals surface area contributed by atoms with Gasteiger partial charge in [0.15, 0.2) is 0 Å². The fraction of sp³-hybridized carbons (Fsp3) is 0.400. The number of benzene rings is 1. The number of carbonyl (C=O) groups excluding carboxylic acids is 1. The molecule has 0 aliphatic carbocycles. The second-order valence-electron chi connectivity index (χ2n) is 4.71. The first-order valence-electron chi connectivity index (χ1n) is 6.77. The molecule has 3 N–H and O–H groups in total. The number of nitrogen functional groups attached to an aromatic ring is 1. The summed E-state index contributed by atoms with van der Waals surface area (Å²) in [6.45, 7) is 4.01. The highest BCUT2D eigenvalue weighted by Gasteiger charge is 2.15. The van der Waals surface area contributed by atoms with E-state index in [-0.39, 0.29) is 5.91 Å². The molecule has 0 saturated heterocycles. The summed E-state index contributed by atoms with van der Waals surface area (Å²) in [7, 11) is 1.62. The highest BCUT2D eigenvalue weighted by molar-refractivity contribution is 7.21. The zero-order valence-electron chi connectivity index (χ0n) is 12.3. The van der Waals surface area contributed by atoms with E-state index in [0.717, 1.165) is 15.6 Å². The Labute approximate surface area is 128 Å². The largest absolute Gasteiger partial charge is 0.397 e. The molecule has 1 aromatic heterocycles. The van der Waals surface area contributed by atoms with Crippen LogP contribution in [0.3, 0.4) is 0 Å². The molecule has 1 aromatic carbocycles. The minimum absolute atomic E-state index is 0.151. The molecule has 0 aliphatic rings. The van der Waals surface area contributed by atoms with Crippen LogP contribution in [0.2, 0.25) is 0 Å². The van der Waals surface area contributed by atoms with Gasteiger partial charge in [-0.25, -0.2) is 0 Å². The van der Waals surface area contributed by atoms with E-state index in [1.54, 1.807) is 7.11 Å². The van der Waals surface area contributed by atoms with Crippen LogP contribution >= 0.6 is 11.3 Å². The Balaban J connectivity index is 1.95. The average Bonchev–Trinajstić information content (AvgIpc) is 2.79. The number of carbonyl (C=O) groups is 1. The summed E-state index contributed by atoms with van der Waals surface area (Å²) in [6, 6.07) is 6.00. The third-order valence-corrected chi connectivity index (χ3v) is 4.22. The molecule has 6 heteroatoms. The normalized spacial score (nSPS) is 11.0. The van der Waals surface area contributed by atoms with Crippen molar-refractivity contribution in [2.75, 3.05) is 39.2 Å². The lowest BCUT2D eigenvalue weighted by Gasteiger charge is -2.05. The van der Waals surface area contributed by atoms with Crippen molar-refractivity contribution in [3.63, 3.8) is 0 Å². The zero-order chi connectivity index (χ0) is 15.2. The Morgan fingerprint density at radius 1 is 1.33 bits per heavy atom. The molecule has 0 spiro atoms. The lowest BCUT2D eigenvalue weighted by molar-refractivity contribution is 0.0693. The molecule has 0 fully saturated rings. The summed E-state index contributed by atoms with van der Waals surface area (Å²) >= 11 is 1.42. The Morgan fingerprint density at radius 2 is 2.14 bits per heavy atom. The molecule has 114 valence electrons. The topological polar surface area (TPSA) is 73.6 Å². The number of fused-ring (bicyclic) bond motifs is 1. The molecule has 0 bridgehead atoms. The van der Waals surface area contributed by atoms with E-state index in [2.05, 4.69) is 5.32 Å². The minimum atomic E-state index is -0.151. The summed E-state index contributed by atoms with van der Waals surface area (Å²) in [6.07, 6.45) is 0. The minimum Gasteiger partial charge on any atom is -0.397 e. The zero-order valence-corrected chi connectivity index (χ0v) is 13.1. The lowest BCUT2D eigenvalue weighted by atomic mass is 10.1. The van der Waals surface area contributed by atoms with Crippen molar-refractivity contribution < 1.29 is 14.3 Å². The van der Waals surface area contributed by atoms with E-state index in [1.165, 1.54) is 11.3 Å². The van der Waals surface area contributed by atoms with E-state index in [0.29, 0.717) is 36.9 Å². The van der Waals surface area contributed by atoms with Crippen molar-refractivity contribution in [3.05, 3.63) is 28.6 Å². The number of rotatable bonds is 7. The fourth-order valence-corrected chi connectivity index (χ4v) is 3.09. The maximum Gasteiger partial charge on any atom is 0.263 e. The maximum absolute atomic E-state index is 12.1. The van der Waals surface area contributed by atoms with Crippen LogP contribution in [0, 0.1) is 6.92 Å². The number of hydrogen-bond acceptors (Lipinski definition) is 5. The Kier molecular flexibility index (Phi) is 5.55. The lowest BCUT2D eigenvalue weighted by Crippen LogP contribution is -2.27. The molecular weight excluding hydrogens is 288 g/mol. The quantitative estimate of drug-likeness (QED) is 0.769. The monoisotopic (exact) mass is 308 g/mol. The third-order valence-electron chi connectivity index (χ3n) is 3.05. The average molecular weight is 308 g/mol. The smallest absolute Gasteiger partial charge is 0.263 e. The Hall–Kier alpha value is -1.63. The number of hydrogen-bond donors (Lipinski definition) is 2. The summed E-state index contributed by atoms with van der Waals surface area (Å²) in [4.78, 5) is 12.7. The highest BCUT2D eigenvalue weighted by Crippen LogP contribution is 2.33. The van der Waals surface area contributed by atoms with Crippen LogP contribution in [-0.4, -0.2) is 39.4 Å². The molecule has 0 atom stereocenters. The number of amides is 1. The van der Waals surface area contributed by atoms with Gasteiger partial charge < -0.3 is 20.5 Å². The summed E-state index contributed by atoms with van der Waals surface area (Å²) < 4.78 is 11.2. The summed E-state index contributed by atoms with van der Waals surface area (Å²) in [5.74, 6) is -0.151. The van der Waals surface area contributed by atoms with Gasteiger partial charge in [0.2, 0.25) is 0 Å². The van der Waals surface area contributed by atoms with Gasteiger partial charge >= 0.3 is 0 Å². The van der Waals surface area contributed by atoms with Crippen molar-refractivity contribution in [3.8, 4) is 0 Å². The van der Waals surface area contributed by atoms with Crippen LogP contribution in [-0.2, 0) is 9.47 Å². The maximum atomic E-state index is 12.1. The van der Waals surface area contributed by atoms with E-state index in [1.807, 2.05) is 25.1 Å². The second kappa shape index (κ2) is 7.40. The molecular formula is C15H20N2O3S. The van der Waals surface area contributed by atoms with E-state index in [9.17, 15) is 4.79 Å². The van der Waals surface area contributed by atoms with Gasteiger partial charge in [-0.05, 0) is 18.6 Å². The first-order chi connectivity index (χ1) is 10.1. The second-order valence-corrected chi connectivity index (χ2v) is 5.76. The molecule has 1 heterocycles. The molecule has 2 rings (SSSR count). The van der Waals surface area contributed by atoms with Gasteiger partial charge in [-0.2, -0.15) is 0 Å². The summed E-state index contributed by atoms with van der Waals surface area (Å²) in [5, 5.41) is 3.76. The third kappa shape index (κ3) is 3.93. The van der Waals surface area contributed by atoms with Crippen LogP contribution in [0.5, 0.6) is 0 Å². The first kappa shape index (κ1) is 15.8. The van der Waals surface area contributed by atoms with Gasteiger partial charge in [0, 0.05) is 23.7 Å². The Bertz CT molecular complexity index is 625. The standard InChI is InChI=1S/C15H20N2O3S/c1-10-3-4-11-12(9-10)21-14(13(11)16)15(18)17-5-6-20-8-7-19-2/h3-4,9H,5-8,16H2,1-2H3,(H,17,18). The van der Waals surface area contributed by atoms with Crippen LogP contribution < -0.4 is 11.1 Å². The van der Waals surface area contributed by atoms with Gasteiger partial charge in [0.25, 0.3) is 5.91 Å². The van der Waals surface area contributed by atoms with E-state index < -0.39 is 0 Å². The number of nitrogens with one attached hydrogen (secondary N) is 1. The summed E-state index contributed by atoms with van der Waals surface area (Å²) in [5.41, 5.74) is 7.77. The molecule has 2 aromatic rings. The SMILES string of the molecule is COCCOCCNC(=O)c1sc2cc(C)ccc2c1N. The van der Waals surface area contributed by atoms with Gasteiger partial charge in [0.1, 0.15) is 4.88 Å². The number of thiophene rings is 1. The predicted molar refractivity (Wildman–Crippen MR) is 86.0 cm³/mol. The van der Waals surface area contributed by atoms with Crippen molar-refractivity contribution in [1.82, 2.24) is 5.32 Å². The number of aryl methyl sites for hydroxylation is 1. The molecule has 5 nitrogen and oxygen atoms in total. The molecule has 0 unspecified atom stereocenters. The van der Waals surface area contributed by atoms with Crippen LogP contribution in [0.15, 0.2) is 18.2 Å². The Morgan fingerprint density at radius 3 is 2.90 bits per heavy atom. The van der Waals surface area contributed by atoms with Crippen LogP contribution in [0.25, 0.3) is 10.1 Å². The molecule has 21 heavy (non-hydrogen) atoms. The molecule has 0 saturated carbocycles. The number of methoxy groups -OCH3 is 1. The van der Waals surface area contributed by atoms with Crippen molar-refractivity contribution in [2.45, 2.75) is 6.92 Å². The van der Waals surface area contributed by atoms with Gasteiger partial charge in [-0.15, -0.1) is 11.3 Å². The van der Waals surface area contributed by atoms with Gasteiger partial charge in [-0.3, -0.25) is 4.79 Å². The number of anilines is 1. The van der Waals surface area contributed by atoms with Crippen molar-refractivity contribution in [2.24, 2.45) is 0 Å². The van der Waals surface area contributed by atoms with E-state index in [4.69, 9.17) is 15.2 Å². The highest BCUT2D eigenvalue weighted by atomic mass is 32.1. The van der Waals surface area contributed by atoms with Crippen molar-refractivity contribution in [1.29, 1.82) is 0 Å². The van der Waals surface area contributed by atoms with Crippen molar-refractivity contribution >= 4 is 33.0 Å². The van der Waals surface area contributed by atoms with Gasteiger partial charge in [0.05, 0.1) is 25.5 Å². The number of nitrogens with two attached hydrogens (primary N) is 1. The fourth-order valence-electron chi connectivity index (χ4n) is 1.95. The van der Waals surface area contributed by atoms with Gasteiger partial charge in [-0.1, -0.05) is 12.1 Å². The first-order valence-corrected chi connectivity index (χ1v) is 7.58. The molecule has 0 aliphatic heterocycles. The van der Waals surface area contributed by atoms with Crippen LogP contribution in [0.4, 0.5) is 5.69 Å². The van der Waals surface area contributed by atoms with E-state index >= 15 is 0 Å². The number of ether oxygens (including phenoxy) is 2. The predicted octanol–water partition coefficient (Wildman–Crippen LogP) is 2.18. The molecule has 1 amide bonds. The van der Waals surface area contributed by atoms with Crippen LogP contribution in [0.1, 0.15) is 15.2 Å².